The maximum absolute atomic E-state index is 11.2. The van der Waals surface area contributed by atoms with Gasteiger partial charge in [-0.3, -0.25) is 0 Å². The number of benzene rings is 2. The number of anilines is 1. The van der Waals surface area contributed by atoms with Gasteiger partial charge in [0.1, 0.15) is 0 Å². The van der Waals surface area contributed by atoms with Crippen LogP contribution < -0.4 is 10.5 Å². The van der Waals surface area contributed by atoms with Gasteiger partial charge in [0.25, 0.3) is 0 Å². The third kappa shape index (κ3) is 4.23. The smallest absolute Gasteiger partial charge is 0.213 e. The third-order valence-corrected chi connectivity index (χ3v) is 3.88. The molecule has 4 nitrogen and oxygen atoms in total. The summed E-state index contributed by atoms with van der Waals surface area (Å²) in [5.74, 6) is -0.196. The van der Waals surface area contributed by atoms with Crippen molar-refractivity contribution in [1.82, 2.24) is 0 Å². The van der Waals surface area contributed by atoms with E-state index in [0.717, 1.165) is 11.3 Å². The van der Waals surface area contributed by atoms with Crippen LogP contribution in [0.5, 0.6) is 0 Å². The number of hydrogen-bond acceptors (Lipinski definition) is 3. The molecule has 20 heavy (non-hydrogen) atoms. The molecule has 0 fully saturated rings. The summed E-state index contributed by atoms with van der Waals surface area (Å²) in [6.07, 6.45) is 0. The average Bonchev–Trinajstić information content (AvgIpc) is 2.37. The first-order chi connectivity index (χ1) is 9.46. The van der Waals surface area contributed by atoms with E-state index in [1.165, 1.54) is 0 Å². The Labute approximate surface area is 123 Å². The van der Waals surface area contributed by atoms with Crippen molar-refractivity contribution in [3.8, 4) is 0 Å². The highest BCUT2D eigenvalue weighted by molar-refractivity contribution is 7.88. The molecule has 0 amide bonds. The topological polar surface area (TPSA) is 72.2 Å². The van der Waals surface area contributed by atoms with Crippen LogP contribution in [-0.4, -0.2) is 8.42 Å². The predicted octanol–water partition coefficient (Wildman–Crippen LogP) is 2.74. The van der Waals surface area contributed by atoms with Crippen LogP contribution in [-0.2, 0) is 22.3 Å². The Morgan fingerprint density at radius 3 is 2.25 bits per heavy atom. The highest BCUT2D eigenvalue weighted by Crippen LogP contribution is 2.20. The van der Waals surface area contributed by atoms with Crippen LogP contribution in [0.4, 0.5) is 5.69 Å². The number of rotatable bonds is 5. The molecule has 2 aromatic rings. The summed E-state index contributed by atoms with van der Waals surface area (Å²) >= 11 is 6.08. The molecular formula is C14H15ClN2O2S. The van der Waals surface area contributed by atoms with Crippen molar-refractivity contribution in [2.45, 2.75) is 12.3 Å². The zero-order valence-corrected chi connectivity index (χ0v) is 12.3. The second kappa shape index (κ2) is 6.26. The van der Waals surface area contributed by atoms with Gasteiger partial charge in [0, 0.05) is 17.3 Å². The molecule has 106 valence electrons. The van der Waals surface area contributed by atoms with Gasteiger partial charge in [0.2, 0.25) is 10.0 Å². The first-order valence-corrected chi connectivity index (χ1v) is 8.11. The van der Waals surface area contributed by atoms with E-state index in [2.05, 4.69) is 5.32 Å². The minimum atomic E-state index is -3.56. The standard InChI is InChI=1S/C14H15ClN2O2S/c15-13-7-3-1-5-11(13)9-17-14-8-4-2-6-12(14)10-20(16,18)19/h1-8,17H,9-10H2,(H2,16,18,19). The number of sulfonamides is 1. The molecule has 0 spiro atoms. The lowest BCUT2D eigenvalue weighted by atomic mass is 10.2. The maximum Gasteiger partial charge on any atom is 0.213 e. The van der Waals surface area contributed by atoms with Gasteiger partial charge in [-0.25, -0.2) is 13.6 Å². The summed E-state index contributed by atoms with van der Waals surface area (Å²) in [7, 11) is -3.56. The van der Waals surface area contributed by atoms with Crippen molar-refractivity contribution >= 4 is 27.3 Å². The van der Waals surface area contributed by atoms with E-state index >= 15 is 0 Å². The Morgan fingerprint density at radius 2 is 1.60 bits per heavy atom. The van der Waals surface area contributed by atoms with Gasteiger partial charge in [-0.05, 0) is 23.3 Å². The summed E-state index contributed by atoms with van der Waals surface area (Å²) in [6, 6.07) is 14.7. The minimum Gasteiger partial charge on any atom is -0.381 e. The molecule has 0 bridgehead atoms. The molecule has 2 rings (SSSR count). The second-order valence-corrected chi connectivity index (χ2v) is 6.43. The molecule has 0 aliphatic rings. The quantitative estimate of drug-likeness (QED) is 0.892. The van der Waals surface area contributed by atoms with Crippen molar-refractivity contribution in [2.24, 2.45) is 5.14 Å². The Kier molecular flexibility index (Phi) is 4.65. The summed E-state index contributed by atoms with van der Waals surface area (Å²) in [6.45, 7) is 0.515. The van der Waals surface area contributed by atoms with E-state index in [-0.39, 0.29) is 5.75 Å². The Morgan fingerprint density at radius 1 is 1.00 bits per heavy atom. The second-order valence-electron chi connectivity index (χ2n) is 4.41. The van der Waals surface area contributed by atoms with Crippen LogP contribution in [0.15, 0.2) is 48.5 Å². The van der Waals surface area contributed by atoms with E-state index in [4.69, 9.17) is 16.7 Å². The summed E-state index contributed by atoms with van der Waals surface area (Å²) < 4.78 is 22.4. The van der Waals surface area contributed by atoms with Gasteiger partial charge in [-0.15, -0.1) is 0 Å². The van der Waals surface area contributed by atoms with Gasteiger partial charge >= 0.3 is 0 Å². The summed E-state index contributed by atoms with van der Waals surface area (Å²) in [4.78, 5) is 0. The van der Waals surface area contributed by atoms with Gasteiger partial charge < -0.3 is 5.32 Å². The number of para-hydroxylation sites is 1. The monoisotopic (exact) mass is 310 g/mol. The van der Waals surface area contributed by atoms with Gasteiger partial charge in [-0.1, -0.05) is 48.0 Å². The molecule has 0 unspecified atom stereocenters. The Balaban J connectivity index is 2.16. The first kappa shape index (κ1) is 14.8. The lowest BCUT2D eigenvalue weighted by Crippen LogP contribution is -2.15. The third-order valence-electron chi connectivity index (χ3n) is 2.80. The molecule has 6 heteroatoms. The fraction of sp³-hybridized carbons (Fsp3) is 0.143. The zero-order chi connectivity index (χ0) is 14.6. The molecule has 0 saturated carbocycles. The molecular weight excluding hydrogens is 296 g/mol. The molecule has 0 heterocycles. The Bertz CT molecular complexity index is 702. The average molecular weight is 311 g/mol. The Hall–Kier alpha value is -1.56. The minimum absolute atomic E-state index is 0.196. The van der Waals surface area contributed by atoms with Gasteiger partial charge in [-0.2, -0.15) is 0 Å². The van der Waals surface area contributed by atoms with Gasteiger partial charge in [0.15, 0.2) is 0 Å². The highest BCUT2D eigenvalue weighted by Gasteiger charge is 2.09. The molecule has 0 saturated heterocycles. The van der Waals surface area contributed by atoms with Crippen LogP contribution in [0.1, 0.15) is 11.1 Å². The number of primary sulfonamides is 1. The summed E-state index contributed by atoms with van der Waals surface area (Å²) in [5.41, 5.74) is 2.32. The van der Waals surface area contributed by atoms with Crippen molar-refractivity contribution < 1.29 is 8.42 Å². The molecule has 0 radical (unpaired) electrons. The molecule has 0 atom stereocenters. The van der Waals surface area contributed by atoms with E-state index in [9.17, 15) is 8.42 Å². The van der Waals surface area contributed by atoms with Gasteiger partial charge in [0.05, 0.1) is 5.75 Å². The molecule has 0 aliphatic carbocycles. The van der Waals surface area contributed by atoms with Crippen molar-refractivity contribution in [1.29, 1.82) is 0 Å². The predicted molar refractivity (Wildman–Crippen MR) is 82.0 cm³/mol. The van der Waals surface area contributed by atoms with E-state index in [1.54, 1.807) is 12.1 Å². The van der Waals surface area contributed by atoms with Crippen LogP contribution in [0.2, 0.25) is 5.02 Å². The maximum atomic E-state index is 11.2. The number of halogens is 1. The molecule has 0 aromatic heterocycles. The van der Waals surface area contributed by atoms with Crippen molar-refractivity contribution in [3.63, 3.8) is 0 Å². The SMILES string of the molecule is NS(=O)(=O)Cc1ccccc1NCc1ccccc1Cl. The van der Waals surface area contributed by atoms with E-state index in [0.29, 0.717) is 17.1 Å². The van der Waals surface area contributed by atoms with Crippen LogP contribution >= 0.6 is 11.6 Å². The number of hydrogen-bond donors (Lipinski definition) is 2. The first-order valence-electron chi connectivity index (χ1n) is 6.01. The molecule has 0 aliphatic heterocycles. The van der Waals surface area contributed by atoms with Crippen molar-refractivity contribution in [3.05, 3.63) is 64.7 Å². The normalized spacial score (nSPS) is 11.3. The molecule has 2 aromatic carbocycles. The van der Waals surface area contributed by atoms with Crippen LogP contribution in [0.3, 0.4) is 0 Å². The van der Waals surface area contributed by atoms with E-state index in [1.807, 2.05) is 36.4 Å². The fourth-order valence-electron chi connectivity index (χ4n) is 1.87. The summed E-state index contributed by atoms with van der Waals surface area (Å²) in [5, 5.41) is 8.95. The van der Waals surface area contributed by atoms with Crippen molar-refractivity contribution in [2.75, 3.05) is 5.32 Å². The van der Waals surface area contributed by atoms with Crippen LogP contribution in [0, 0.1) is 0 Å². The number of nitrogens with one attached hydrogen (secondary N) is 1. The molecule has 3 N–H and O–H groups in total. The zero-order valence-electron chi connectivity index (χ0n) is 10.7. The largest absolute Gasteiger partial charge is 0.381 e. The van der Waals surface area contributed by atoms with E-state index < -0.39 is 10.0 Å². The lowest BCUT2D eigenvalue weighted by molar-refractivity contribution is 0.597. The number of nitrogens with two attached hydrogens (primary N) is 1. The van der Waals surface area contributed by atoms with Crippen LogP contribution in [0.25, 0.3) is 0 Å². The fourth-order valence-corrected chi connectivity index (χ4v) is 2.76. The lowest BCUT2D eigenvalue weighted by Gasteiger charge is -2.12. The highest BCUT2D eigenvalue weighted by atomic mass is 35.5.